The minimum atomic E-state index is 0.446. The van der Waals surface area contributed by atoms with E-state index in [0.717, 1.165) is 12.5 Å². The van der Waals surface area contributed by atoms with Crippen molar-refractivity contribution in [2.24, 2.45) is 10.4 Å². The first-order valence-corrected chi connectivity index (χ1v) is 9.06. The highest BCUT2D eigenvalue weighted by Gasteiger charge is 2.27. The summed E-state index contributed by atoms with van der Waals surface area (Å²) >= 11 is 0. The van der Waals surface area contributed by atoms with Gasteiger partial charge in [0.2, 0.25) is 5.82 Å². The van der Waals surface area contributed by atoms with Crippen LogP contribution in [-0.2, 0) is 6.54 Å². The molecule has 0 aromatic carbocycles. The number of rotatable bonds is 5. The summed E-state index contributed by atoms with van der Waals surface area (Å²) in [7, 11) is 0. The number of furan rings is 1. The molecule has 2 aromatic rings. The van der Waals surface area contributed by atoms with Crippen LogP contribution in [0.3, 0.4) is 0 Å². The second-order valence-electron chi connectivity index (χ2n) is 7.36. The molecule has 136 valence electrons. The highest BCUT2D eigenvalue weighted by atomic mass is 16.3. The van der Waals surface area contributed by atoms with E-state index >= 15 is 0 Å². The third-order valence-electron chi connectivity index (χ3n) is 4.68. The first-order valence-electron chi connectivity index (χ1n) is 9.06. The van der Waals surface area contributed by atoms with Crippen LogP contribution < -0.4 is 10.6 Å². The van der Waals surface area contributed by atoms with E-state index in [0.29, 0.717) is 35.4 Å². The van der Waals surface area contributed by atoms with E-state index in [9.17, 15) is 0 Å². The number of aromatic amines is 1. The molecular weight excluding hydrogens is 316 g/mol. The predicted octanol–water partition coefficient (Wildman–Crippen LogP) is 3.09. The van der Waals surface area contributed by atoms with Gasteiger partial charge in [0.15, 0.2) is 11.7 Å². The first kappa shape index (κ1) is 17.5. The lowest BCUT2D eigenvalue weighted by atomic mass is 9.75. The number of hydrogen-bond donors (Lipinski definition) is 3. The number of aliphatic imine (C=N–C) groups is 1. The van der Waals surface area contributed by atoms with Crippen LogP contribution in [0.1, 0.15) is 52.3 Å². The molecule has 7 nitrogen and oxygen atoms in total. The molecule has 0 aliphatic heterocycles. The molecule has 2 aromatic heterocycles. The quantitative estimate of drug-likeness (QED) is 0.573. The number of nitrogens with one attached hydrogen (secondary N) is 3. The summed E-state index contributed by atoms with van der Waals surface area (Å²) in [5, 5.41) is 14.0. The summed E-state index contributed by atoms with van der Waals surface area (Å²) < 4.78 is 5.31. The van der Waals surface area contributed by atoms with Crippen LogP contribution in [0.2, 0.25) is 0 Å². The number of guanidine groups is 1. The summed E-state index contributed by atoms with van der Waals surface area (Å²) in [6.45, 7) is 8.05. The lowest BCUT2D eigenvalue weighted by Gasteiger charge is -2.35. The van der Waals surface area contributed by atoms with E-state index in [2.05, 4.69) is 51.6 Å². The van der Waals surface area contributed by atoms with Gasteiger partial charge in [-0.25, -0.2) is 9.98 Å². The fourth-order valence-corrected chi connectivity index (χ4v) is 3.09. The first-order chi connectivity index (χ1) is 12.1. The second kappa shape index (κ2) is 7.72. The molecule has 0 amide bonds. The van der Waals surface area contributed by atoms with Gasteiger partial charge in [-0.05, 0) is 50.2 Å². The van der Waals surface area contributed by atoms with E-state index in [1.807, 2.05) is 12.1 Å². The average Bonchev–Trinajstić information content (AvgIpc) is 3.26. The third-order valence-corrected chi connectivity index (χ3v) is 4.68. The van der Waals surface area contributed by atoms with Crippen molar-refractivity contribution in [2.75, 3.05) is 6.54 Å². The molecule has 0 saturated heterocycles. The molecule has 0 radical (unpaired) electrons. The van der Waals surface area contributed by atoms with Crippen molar-refractivity contribution in [2.45, 2.75) is 59.0 Å². The van der Waals surface area contributed by atoms with Crippen LogP contribution in [0, 0.1) is 5.41 Å². The Balaban J connectivity index is 1.59. The average molecular weight is 344 g/mol. The zero-order valence-corrected chi connectivity index (χ0v) is 15.3. The highest BCUT2D eigenvalue weighted by Crippen LogP contribution is 2.34. The Morgan fingerprint density at radius 2 is 2.20 bits per heavy atom. The number of nitrogens with zero attached hydrogens (tertiary/aromatic N) is 3. The van der Waals surface area contributed by atoms with Gasteiger partial charge >= 0.3 is 0 Å². The van der Waals surface area contributed by atoms with Crippen molar-refractivity contribution >= 4 is 5.96 Å². The normalized spacial score (nSPS) is 18.3. The zero-order chi connectivity index (χ0) is 17.7. The monoisotopic (exact) mass is 344 g/mol. The molecule has 3 rings (SSSR count). The third kappa shape index (κ3) is 4.84. The van der Waals surface area contributed by atoms with Crippen molar-refractivity contribution in [1.82, 2.24) is 25.8 Å². The molecule has 1 saturated carbocycles. The van der Waals surface area contributed by atoms with Gasteiger partial charge in [0.25, 0.3) is 0 Å². The van der Waals surface area contributed by atoms with E-state index in [1.54, 1.807) is 6.26 Å². The van der Waals surface area contributed by atoms with Gasteiger partial charge in [0, 0.05) is 12.6 Å². The van der Waals surface area contributed by atoms with Crippen molar-refractivity contribution < 1.29 is 4.42 Å². The second-order valence-corrected chi connectivity index (χ2v) is 7.36. The molecular formula is C18H28N6O. The molecule has 7 heteroatoms. The molecule has 1 fully saturated rings. The van der Waals surface area contributed by atoms with E-state index < -0.39 is 0 Å². The number of H-pyrrole nitrogens is 1. The Hall–Kier alpha value is -2.31. The summed E-state index contributed by atoms with van der Waals surface area (Å²) in [6, 6.07) is 4.15. The van der Waals surface area contributed by atoms with Crippen LogP contribution in [-0.4, -0.2) is 33.7 Å². The highest BCUT2D eigenvalue weighted by molar-refractivity contribution is 5.80. The minimum Gasteiger partial charge on any atom is -0.461 e. The Morgan fingerprint density at radius 3 is 2.88 bits per heavy atom. The maximum Gasteiger partial charge on any atom is 0.216 e. The van der Waals surface area contributed by atoms with Gasteiger partial charge in [-0.15, -0.1) is 5.10 Å². The van der Waals surface area contributed by atoms with Crippen LogP contribution >= 0.6 is 0 Å². The summed E-state index contributed by atoms with van der Waals surface area (Å²) in [6.07, 6.45) is 6.48. The zero-order valence-electron chi connectivity index (χ0n) is 15.3. The number of aromatic nitrogens is 3. The summed E-state index contributed by atoms with van der Waals surface area (Å²) in [5.74, 6) is 2.76. The van der Waals surface area contributed by atoms with Crippen LogP contribution in [0.5, 0.6) is 0 Å². The Bertz CT molecular complexity index is 678. The van der Waals surface area contributed by atoms with Crippen molar-refractivity contribution in [3.05, 3.63) is 24.2 Å². The fraction of sp³-hybridized carbons (Fsp3) is 0.611. The molecule has 3 N–H and O–H groups in total. The maximum absolute atomic E-state index is 5.31. The minimum absolute atomic E-state index is 0.446. The molecule has 0 atom stereocenters. The molecule has 25 heavy (non-hydrogen) atoms. The Morgan fingerprint density at radius 1 is 1.40 bits per heavy atom. The van der Waals surface area contributed by atoms with Crippen LogP contribution in [0.25, 0.3) is 11.6 Å². The Labute approximate surface area is 148 Å². The van der Waals surface area contributed by atoms with Gasteiger partial charge < -0.3 is 15.1 Å². The topological polar surface area (TPSA) is 91.1 Å². The summed E-state index contributed by atoms with van der Waals surface area (Å²) in [5.41, 5.74) is 0.468. The molecule has 0 bridgehead atoms. The van der Waals surface area contributed by atoms with Crippen molar-refractivity contribution in [3.8, 4) is 11.6 Å². The summed E-state index contributed by atoms with van der Waals surface area (Å²) in [4.78, 5) is 9.07. The smallest absolute Gasteiger partial charge is 0.216 e. The van der Waals surface area contributed by atoms with Gasteiger partial charge in [-0.3, -0.25) is 5.10 Å². The van der Waals surface area contributed by atoms with Crippen molar-refractivity contribution in [1.29, 1.82) is 0 Å². The Kier molecular flexibility index (Phi) is 5.40. The predicted molar refractivity (Wildman–Crippen MR) is 98.1 cm³/mol. The van der Waals surface area contributed by atoms with Crippen LogP contribution in [0.15, 0.2) is 27.8 Å². The number of hydrogen-bond acceptors (Lipinski definition) is 4. The lowest BCUT2D eigenvalue weighted by molar-refractivity contribution is 0.216. The van der Waals surface area contributed by atoms with Gasteiger partial charge in [0.05, 0.1) is 6.26 Å². The van der Waals surface area contributed by atoms with Gasteiger partial charge in [0.1, 0.15) is 12.4 Å². The SMILES string of the molecule is CCNC(=NCc1nc(-c2ccco2)n[nH]1)NC1CCC(C)(C)CC1. The molecule has 1 aliphatic carbocycles. The van der Waals surface area contributed by atoms with E-state index in [1.165, 1.54) is 25.7 Å². The largest absolute Gasteiger partial charge is 0.461 e. The van der Waals surface area contributed by atoms with Crippen molar-refractivity contribution in [3.63, 3.8) is 0 Å². The standard InChI is InChI=1S/C18H28N6O/c1-4-19-17(21-13-7-9-18(2,3)10-8-13)20-12-15-22-16(24-23-15)14-6-5-11-25-14/h5-6,11,13H,4,7-10,12H2,1-3H3,(H2,19,20,21)(H,22,23,24). The molecule has 2 heterocycles. The molecule has 0 spiro atoms. The van der Waals surface area contributed by atoms with Gasteiger partial charge in [-0.1, -0.05) is 13.8 Å². The van der Waals surface area contributed by atoms with E-state index in [-0.39, 0.29) is 0 Å². The fourth-order valence-electron chi connectivity index (χ4n) is 3.09. The lowest BCUT2D eigenvalue weighted by Crippen LogP contribution is -2.45. The molecule has 1 aliphatic rings. The van der Waals surface area contributed by atoms with Gasteiger partial charge in [-0.2, -0.15) is 0 Å². The van der Waals surface area contributed by atoms with E-state index in [4.69, 9.17) is 4.42 Å². The van der Waals surface area contributed by atoms with Crippen LogP contribution in [0.4, 0.5) is 0 Å². The molecule has 0 unspecified atom stereocenters. The maximum atomic E-state index is 5.31.